The highest BCUT2D eigenvalue weighted by Crippen LogP contribution is 2.68. The Kier molecular flexibility index (Phi) is 6.38. The molecule has 3 nitrogen and oxygen atoms in total. The average Bonchev–Trinajstić information content (AvgIpc) is 3.04. The number of aliphatic hydroxyl groups is 1. The molecule has 184 valence electrons. The zero-order valence-corrected chi connectivity index (χ0v) is 23.2. The van der Waals surface area contributed by atoms with E-state index in [-0.39, 0.29) is 16.6 Å². The number of hydrogen-bond donors (Lipinski definition) is 1. The van der Waals surface area contributed by atoms with Crippen LogP contribution in [0.3, 0.4) is 0 Å². The fraction of sp³-hybridized carbons (Fsp3) is 0.964. The van der Waals surface area contributed by atoms with Crippen LogP contribution in [0.1, 0.15) is 92.9 Å². The Labute approximate surface area is 198 Å². The van der Waals surface area contributed by atoms with Crippen molar-refractivity contribution in [1.82, 2.24) is 0 Å². The molecule has 4 rings (SSSR count). The van der Waals surface area contributed by atoms with Gasteiger partial charge in [0.15, 0.2) is 8.32 Å². The van der Waals surface area contributed by atoms with Crippen molar-refractivity contribution >= 4 is 14.1 Å². The molecule has 0 aliphatic heterocycles. The molecule has 0 bridgehead atoms. The molecule has 4 fully saturated rings. The molecule has 4 saturated carbocycles. The van der Waals surface area contributed by atoms with E-state index in [1.54, 1.807) is 0 Å². The largest absolute Gasteiger partial charge is 0.417 e. The van der Waals surface area contributed by atoms with E-state index in [2.05, 4.69) is 54.6 Å². The van der Waals surface area contributed by atoms with Crippen LogP contribution >= 0.6 is 0 Å². The van der Waals surface area contributed by atoms with Crippen molar-refractivity contribution in [1.29, 1.82) is 0 Å². The summed E-state index contributed by atoms with van der Waals surface area (Å²) in [7, 11) is -1.73. The molecule has 0 heterocycles. The summed E-state index contributed by atoms with van der Waals surface area (Å²) in [6, 6.07) is 0. The van der Waals surface area contributed by atoms with Crippen molar-refractivity contribution in [2.45, 2.75) is 117 Å². The molecule has 1 unspecified atom stereocenters. The van der Waals surface area contributed by atoms with E-state index >= 15 is 0 Å². The van der Waals surface area contributed by atoms with Crippen LogP contribution in [-0.4, -0.2) is 31.9 Å². The maximum absolute atomic E-state index is 12.2. The number of rotatable bonds is 4. The fourth-order valence-electron chi connectivity index (χ4n) is 8.66. The van der Waals surface area contributed by atoms with Crippen LogP contribution in [0.4, 0.5) is 0 Å². The minimum Gasteiger partial charge on any atom is -0.417 e. The third kappa shape index (κ3) is 3.88. The Bertz CT molecular complexity index is 727. The first-order chi connectivity index (χ1) is 14.7. The first kappa shape index (κ1) is 24.9. The Balaban J connectivity index is 1.50. The highest BCUT2D eigenvalue weighted by Gasteiger charge is 2.63. The van der Waals surface area contributed by atoms with Crippen molar-refractivity contribution in [2.75, 3.05) is 6.61 Å². The van der Waals surface area contributed by atoms with Crippen molar-refractivity contribution in [3.8, 4) is 0 Å². The summed E-state index contributed by atoms with van der Waals surface area (Å²) in [5.74, 6) is 3.76. The highest BCUT2D eigenvalue weighted by atomic mass is 28.4. The van der Waals surface area contributed by atoms with Gasteiger partial charge in [0.1, 0.15) is 5.78 Å². The van der Waals surface area contributed by atoms with Gasteiger partial charge in [0, 0.05) is 19.4 Å². The molecule has 4 heteroatoms. The highest BCUT2D eigenvalue weighted by molar-refractivity contribution is 6.74. The smallest absolute Gasteiger partial charge is 0.191 e. The standard InChI is InChI=1S/C28H50O3Si/c1-18(17-31-32(7,8)26(2,3)4)21-9-10-22-25-23(12-14-28(21,22)6)27(5)13-11-20(29)15-19(27)16-24(25)30/h18-19,21-25,30H,9-17H2,1-8H3/t18?,19-,21-,22+,23+,24-,25+,27+,28-/m1/s1. The van der Waals surface area contributed by atoms with E-state index in [0.29, 0.717) is 53.1 Å². The van der Waals surface area contributed by atoms with Gasteiger partial charge in [-0.25, -0.2) is 0 Å². The minimum atomic E-state index is -1.73. The predicted octanol–water partition coefficient (Wildman–Crippen LogP) is 6.84. The SMILES string of the molecule is CC(CO[Si](C)(C)C(C)(C)C)[C@H]1CC[C@H]2[C@@H]3[C@H](O)C[C@H]4CC(=O)CC[C@]4(C)[C@H]3CC[C@]12C. The Morgan fingerprint density at radius 1 is 1.09 bits per heavy atom. The molecule has 0 spiro atoms. The maximum Gasteiger partial charge on any atom is 0.191 e. The van der Waals surface area contributed by atoms with Crippen molar-refractivity contribution in [3.63, 3.8) is 0 Å². The van der Waals surface area contributed by atoms with Crippen LogP contribution in [0.15, 0.2) is 0 Å². The second-order valence-corrected chi connectivity index (χ2v) is 19.1. The predicted molar refractivity (Wildman–Crippen MR) is 134 cm³/mol. The molecule has 0 amide bonds. The zero-order valence-electron chi connectivity index (χ0n) is 22.2. The van der Waals surface area contributed by atoms with Crippen LogP contribution in [0.2, 0.25) is 18.1 Å². The number of Topliss-reactive ketones (excluding diaryl/α,β-unsaturated/α-hetero) is 1. The van der Waals surface area contributed by atoms with Crippen LogP contribution in [0, 0.1) is 46.3 Å². The quantitative estimate of drug-likeness (QED) is 0.465. The molecule has 4 aliphatic rings. The maximum atomic E-state index is 12.2. The van der Waals surface area contributed by atoms with Crippen molar-refractivity contribution < 1.29 is 14.3 Å². The van der Waals surface area contributed by atoms with Gasteiger partial charge in [-0.1, -0.05) is 41.5 Å². The summed E-state index contributed by atoms with van der Waals surface area (Å²) in [5, 5.41) is 11.7. The monoisotopic (exact) mass is 462 g/mol. The van der Waals surface area contributed by atoms with Gasteiger partial charge in [0.25, 0.3) is 0 Å². The summed E-state index contributed by atoms with van der Waals surface area (Å²) < 4.78 is 6.67. The van der Waals surface area contributed by atoms with Gasteiger partial charge in [-0.05, 0) is 103 Å². The van der Waals surface area contributed by atoms with Gasteiger partial charge in [0.2, 0.25) is 0 Å². The van der Waals surface area contributed by atoms with Gasteiger partial charge in [-0.3, -0.25) is 4.79 Å². The number of aliphatic hydroxyl groups excluding tert-OH is 1. The van der Waals surface area contributed by atoms with Gasteiger partial charge in [-0.2, -0.15) is 0 Å². The molecule has 32 heavy (non-hydrogen) atoms. The molecule has 4 aliphatic carbocycles. The lowest BCUT2D eigenvalue weighted by Crippen LogP contribution is -2.58. The zero-order chi connectivity index (χ0) is 23.7. The van der Waals surface area contributed by atoms with E-state index in [4.69, 9.17) is 4.43 Å². The number of hydrogen-bond acceptors (Lipinski definition) is 3. The van der Waals surface area contributed by atoms with E-state index in [0.717, 1.165) is 25.9 Å². The summed E-state index contributed by atoms with van der Waals surface area (Å²) in [5.41, 5.74) is 0.584. The lowest BCUT2D eigenvalue weighted by atomic mass is 9.44. The third-order valence-electron chi connectivity index (χ3n) is 11.8. The van der Waals surface area contributed by atoms with E-state index in [1.165, 1.54) is 25.7 Å². The summed E-state index contributed by atoms with van der Waals surface area (Å²) in [4.78, 5) is 12.2. The number of carbonyl (C=O) groups excluding carboxylic acids is 1. The summed E-state index contributed by atoms with van der Waals surface area (Å²) in [6.45, 7) is 20.1. The molecular formula is C28H50O3Si. The molecular weight excluding hydrogens is 412 g/mol. The lowest BCUT2D eigenvalue weighted by molar-refractivity contribution is -0.169. The van der Waals surface area contributed by atoms with E-state index in [9.17, 15) is 9.90 Å². The fourth-order valence-corrected chi connectivity index (χ4v) is 9.77. The van der Waals surface area contributed by atoms with E-state index < -0.39 is 8.32 Å². The normalized spacial score (nSPS) is 45.7. The molecule has 0 aromatic carbocycles. The van der Waals surface area contributed by atoms with Crippen molar-refractivity contribution in [3.05, 3.63) is 0 Å². The molecule has 1 N–H and O–H groups in total. The van der Waals surface area contributed by atoms with Crippen LogP contribution in [0.25, 0.3) is 0 Å². The molecule has 0 aromatic rings. The van der Waals surface area contributed by atoms with Crippen LogP contribution in [0.5, 0.6) is 0 Å². The topological polar surface area (TPSA) is 46.5 Å². The van der Waals surface area contributed by atoms with Crippen LogP contribution in [-0.2, 0) is 9.22 Å². The molecule has 0 radical (unpaired) electrons. The molecule has 9 atom stereocenters. The number of fused-ring (bicyclic) bond motifs is 5. The molecule has 0 aromatic heterocycles. The Hall–Kier alpha value is -0.193. The summed E-state index contributed by atoms with van der Waals surface area (Å²) in [6.07, 6.45) is 8.24. The third-order valence-corrected chi connectivity index (χ3v) is 16.3. The van der Waals surface area contributed by atoms with Crippen LogP contribution < -0.4 is 0 Å². The van der Waals surface area contributed by atoms with Gasteiger partial charge in [-0.15, -0.1) is 0 Å². The first-order valence-electron chi connectivity index (χ1n) is 13.5. The molecule has 0 saturated heterocycles. The number of ketones is 1. The summed E-state index contributed by atoms with van der Waals surface area (Å²) >= 11 is 0. The Morgan fingerprint density at radius 2 is 1.75 bits per heavy atom. The lowest BCUT2D eigenvalue weighted by Gasteiger charge is -2.62. The van der Waals surface area contributed by atoms with Gasteiger partial charge in [0.05, 0.1) is 6.10 Å². The Morgan fingerprint density at radius 3 is 2.41 bits per heavy atom. The second-order valence-electron chi connectivity index (χ2n) is 14.3. The average molecular weight is 463 g/mol. The number of carbonyl (C=O) groups is 1. The van der Waals surface area contributed by atoms with E-state index in [1.807, 2.05) is 0 Å². The van der Waals surface area contributed by atoms with Crippen molar-refractivity contribution in [2.24, 2.45) is 46.3 Å². The first-order valence-corrected chi connectivity index (χ1v) is 16.5. The second kappa shape index (κ2) is 8.19. The minimum absolute atomic E-state index is 0.217. The van der Waals surface area contributed by atoms with Gasteiger partial charge < -0.3 is 9.53 Å². The van der Waals surface area contributed by atoms with Gasteiger partial charge >= 0.3 is 0 Å².